The van der Waals surface area contributed by atoms with Crippen molar-refractivity contribution in [3.05, 3.63) is 77.1 Å². The number of halogens is 3. The first kappa shape index (κ1) is 31.8. The lowest BCUT2D eigenvalue weighted by Gasteiger charge is -2.43. The van der Waals surface area contributed by atoms with Crippen molar-refractivity contribution in [2.75, 3.05) is 64.4 Å². The second-order valence-electron chi connectivity index (χ2n) is 11.8. The number of benzene rings is 2. The maximum absolute atomic E-state index is 14.4. The molecule has 2 saturated heterocycles. The second kappa shape index (κ2) is 12.9. The lowest BCUT2D eigenvalue weighted by atomic mass is 10.0. The number of aromatic nitrogens is 3. The van der Waals surface area contributed by atoms with Crippen LogP contribution in [0, 0.1) is 6.92 Å². The summed E-state index contributed by atoms with van der Waals surface area (Å²) in [5.41, 5.74) is 1.47. The van der Waals surface area contributed by atoms with Crippen molar-refractivity contribution < 1.29 is 27.8 Å². The first-order valence-corrected chi connectivity index (χ1v) is 15.4. The van der Waals surface area contributed by atoms with Crippen molar-refractivity contribution in [3.8, 4) is 17.0 Å². The number of nitrogens with zero attached hydrogens (tertiary/aromatic N) is 6. The predicted octanol–water partition coefficient (Wildman–Crippen LogP) is 4.02. The Morgan fingerprint density at radius 3 is 2.50 bits per heavy atom. The first-order valence-electron chi connectivity index (χ1n) is 15.4. The summed E-state index contributed by atoms with van der Waals surface area (Å²) in [5, 5.41) is 17.8. The number of aliphatic hydroxyl groups is 1. The third kappa shape index (κ3) is 6.02. The van der Waals surface area contributed by atoms with Crippen LogP contribution in [0.15, 0.2) is 54.7 Å². The number of methoxy groups -OCH3 is 1. The Kier molecular flexibility index (Phi) is 8.90. The third-order valence-corrected chi connectivity index (χ3v) is 9.02. The van der Waals surface area contributed by atoms with E-state index in [0.717, 1.165) is 41.9 Å². The molecule has 0 aliphatic carbocycles. The summed E-state index contributed by atoms with van der Waals surface area (Å²) >= 11 is 0. The number of alkyl halides is 3. The Morgan fingerprint density at radius 2 is 1.85 bits per heavy atom. The number of fused-ring (bicyclic) bond motifs is 1. The molecule has 1 amide bonds. The van der Waals surface area contributed by atoms with E-state index < -0.39 is 17.8 Å². The number of carbonyl (C=O) groups excluding carboxylic acids is 1. The molecule has 2 aliphatic rings. The molecule has 0 unspecified atom stereocenters. The molecular formula is C33H38F3N7O3. The Labute approximate surface area is 265 Å². The molecule has 244 valence electrons. The van der Waals surface area contributed by atoms with E-state index in [2.05, 4.69) is 37.3 Å². The van der Waals surface area contributed by atoms with Gasteiger partial charge < -0.3 is 25.0 Å². The topological polar surface area (TPSA) is 98.5 Å². The smallest absolute Gasteiger partial charge is 0.433 e. The number of hydrogen-bond acceptors (Lipinski definition) is 8. The molecular weight excluding hydrogens is 599 g/mol. The van der Waals surface area contributed by atoms with Crippen molar-refractivity contribution in [2.45, 2.75) is 32.1 Å². The molecule has 10 nitrogen and oxygen atoms in total. The number of rotatable bonds is 7. The zero-order valence-electron chi connectivity index (χ0n) is 26.1. The van der Waals surface area contributed by atoms with Crippen molar-refractivity contribution in [2.24, 2.45) is 0 Å². The Balaban J connectivity index is 1.27. The number of hydrogen-bond donors (Lipinski definition) is 2. The maximum Gasteiger partial charge on any atom is 0.433 e. The van der Waals surface area contributed by atoms with Crippen LogP contribution in [0.4, 0.5) is 18.9 Å². The van der Waals surface area contributed by atoms with E-state index in [0.29, 0.717) is 30.9 Å². The highest BCUT2D eigenvalue weighted by atomic mass is 19.4. The molecule has 2 aromatic carbocycles. The van der Waals surface area contributed by atoms with Gasteiger partial charge in [-0.15, -0.1) is 0 Å². The van der Waals surface area contributed by atoms with Crippen LogP contribution in [0.25, 0.3) is 16.9 Å². The number of anilines is 1. The molecule has 2 aromatic heterocycles. The molecule has 13 heteroatoms. The summed E-state index contributed by atoms with van der Waals surface area (Å²) in [4.78, 5) is 24.7. The number of carbonyl (C=O) groups is 1. The molecule has 2 N–H and O–H groups in total. The SMILES string of the molecule is COc1ccc(-c2nc3c(C(=O)N4CCN([C@@H](CO)c5cccc(N6CCNCC6)c5)C[C@H]4C)cnn3c(C(F)(F)F)c2C)cc1. The summed E-state index contributed by atoms with van der Waals surface area (Å²) in [6.45, 7) is 8.13. The number of aliphatic hydroxyl groups excluding tert-OH is 1. The number of piperazine rings is 2. The molecule has 0 saturated carbocycles. The monoisotopic (exact) mass is 637 g/mol. The zero-order chi connectivity index (χ0) is 32.6. The van der Waals surface area contributed by atoms with Crippen LogP contribution >= 0.6 is 0 Å². The fourth-order valence-electron chi connectivity index (χ4n) is 6.60. The fraction of sp³-hybridized carbons (Fsp3) is 0.424. The van der Waals surface area contributed by atoms with Gasteiger partial charge in [-0.2, -0.15) is 18.3 Å². The second-order valence-corrected chi connectivity index (χ2v) is 11.8. The van der Waals surface area contributed by atoms with Crippen molar-refractivity contribution in [1.82, 2.24) is 29.7 Å². The fourth-order valence-corrected chi connectivity index (χ4v) is 6.60. The van der Waals surface area contributed by atoms with Crippen LogP contribution < -0.4 is 15.0 Å². The average molecular weight is 638 g/mol. The minimum atomic E-state index is -4.74. The predicted molar refractivity (Wildman–Crippen MR) is 168 cm³/mol. The lowest BCUT2D eigenvalue weighted by molar-refractivity contribution is -0.143. The van der Waals surface area contributed by atoms with Crippen LogP contribution in [-0.2, 0) is 6.18 Å². The van der Waals surface area contributed by atoms with Crippen molar-refractivity contribution in [3.63, 3.8) is 0 Å². The van der Waals surface area contributed by atoms with E-state index in [1.54, 1.807) is 29.2 Å². The normalized spacial score (nSPS) is 18.6. The number of ether oxygens (including phenoxy) is 1. The molecule has 4 aromatic rings. The van der Waals surface area contributed by atoms with E-state index in [1.165, 1.54) is 20.2 Å². The van der Waals surface area contributed by atoms with Gasteiger partial charge in [-0.25, -0.2) is 9.50 Å². The van der Waals surface area contributed by atoms with E-state index in [-0.39, 0.29) is 41.2 Å². The minimum absolute atomic E-state index is 0.00277. The quantitative estimate of drug-likeness (QED) is 0.314. The highest BCUT2D eigenvalue weighted by Gasteiger charge is 2.40. The highest BCUT2D eigenvalue weighted by Crippen LogP contribution is 2.37. The van der Waals surface area contributed by atoms with Gasteiger partial charge in [0, 0.05) is 68.7 Å². The van der Waals surface area contributed by atoms with Crippen LogP contribution in [-0.4, -0.2) is 101 Å². The molecule has 0 spiro atoms. The van der Waals surface area contributed by atoms with Crippen LogP contribution in [0.3, 0.4) is 0 Å². The van der Waals surface area contributed by atoms with Crippen LogP contribution in [0.5, 0.6) is 5.75 Å². The largest absolute Gasteiger partial charge is 0.497 e. The highest BCUT2D eigenvalue weighted by molar-refractivity contribution is 6.00. The van der Waals surface area contributed by atoms with Gasteiger partial charge >= 0.3 is 6.18 Å². The van der Waals surface area contributed by atoms with Gasteiger partial charge in [-0.1, -0.05) is 12.1 Å². The first-order chi connectivity index (χ1) is 22.1. The Morgan fingerprint density at radius 1 is 1.11 bits per heavy atom. The standard InChI is InChI=1S/C33H38F3N7O3/c1-21-19-41(28(20-44)24-5-4-6-25(17-24)40-13-11-37-12-14-40)15-16-42(21)32(45)27-18-38-43-30(33(34,35)36)22(2)29(39-31(27)43)23-7-9-26(46-3)10-8-23/h4-10,17-18,21,28,37,44H,11-16,19-20H2,1-3H3/t21-,28+/m1/s1. The summed E-state index contributed by atoms with van der Waals surface area (Å²) in [6.07, 6.45) is -3.56. The van der Waals surface area contributed by atoms with E-state index >= 15 is 0 Å². The Hall–Kier alpha value is -4.20. The molecule has 2 atom stereocenters. The number of nitrogens with one attached hydrogen (secondary N) is 1. The zero-order valence-corrected chi connectivity index (χ0v) is 26.1. The van der Waals surface area contributed by atoms with E-state index in [4.69, 9.17) is 4.74 Å². The van der Waals surface area contributed by atoms with Gasteiger partial charge in [0.05, 0.1) is 31.6 Å². The average Bonchev–Trinajstić information content (AvgIpc) is 3.47. The summed E-state index contributed by atoms with van der Waals surface area (Å²) in [5.74, 6) is 0.121. The van der Waals surface area contributed by atoms with Gasteiger partial charge in [-0.05, 0) is 55.8 Å². The third-order valence-electron chi connectivity index (χ3n) is 9.02. The molecule has 2 aliphatic heterocycles. The molecule has 2 fully saturated rings. The van der Waals surface area contributed by atoms with Gasteiger partial charge in [0.25, 0.3) is 5.91 Å². The summed E-state index contributed by atoms with van der Waals surface area (Å²) in [6, 6.07) is 14.3. The maximum atomic E-state index is 14.4. The van der Waals surface area contributed by atoms with Gasteiger partial charge in [0.1, 0.15) is 11.3 Å². The van der Waals surface area contributed by atoms with Crippen LogP contribution in [0.2, 0.25) is 0 Å². The minimum Gasteiger partial charge on any atom is -0.497 e. The molecule has 0 radical (unpaired) electrons. The molecule has 0 bridgehead atoms. The molecule has 4 heterocycles. The lowest BCUT2D eigenvalue weighted by Crippen LogP contribution is -2.55. The number of amides is 1. The van der Waals surface area contributed by atoms with Gasteiger partial charge in [-0.3, -0.25) is 9.69 Å². The molecule has 6 rings (SSSR count). The van der Waals surface area contributed by atoms with Crippen LogP contribution in [0.1, 0.15) is 40.1 Å². The summed E-state index contributed by atoms with van der Waals surface area (Å²) < 4.78 is 49.1. The van der Waals surface area contributed by atoms with E-state index in [9.17, 15) is 23.1 Å². The molecule has 46 heavy (non-hydrogen) atoms. The van der Waals surface area contributed by atoms with Gasteiger partial charge in [0.15, 0.2) is 11.3 Å². The van der Waals surface area contributed by atoms with Crippen molar-refractivity contribution in [1.29, 1.82) is 0 Å². The van der Waals surface area contributed by atoms with E-state index in [1.807, 2.05) is 19.1 Å². The Bertz CT molecular complexity index is 1700. The van der Waals surface area contributed by atoms with Crippen molar-refractivity contribution >= 4 is 17.2 Å². The van der Waals surface area contributed by atoms with Gasteiger partial charge in [0.2, 0.25) is 0 Å². The summed E-state index contributed by atoms with van der Waals surface area (Å²) in [7, 11) is 1.51.